The fourth-order valence-electron chi connectivity index (χ4n) is 2.02. The van der Waals surface area contributed by atoms with E-state index in [1.165, 1.54) is 18.1 Å². The summed E-state index contributed by atoms with van der Waals surface area (Å²) in [4.78, 5) is 13.9. The molecule has 1 amide bonds. The molecule has 1 aromatic heterocycles. The smallest absolute Gasteiger partial charge is 0.254 e. The van der Waals surface area contributed by atoms with E-state index in [2.05, 4.69) is 29.4 Å². The first-order valence-electron chi connectivity index (χ1n) is 6.78. The van der Waals surface area contributed by atoms with Gasteiger partial charge in [-0.1, -0.05) is 30.3 Å². The van der Waals surface area contributed by atoms with Crippen LogP contribution in [-0.4, -0.2) is 30.9 Å². The number of hydrogen-bond donors (Lipinski definition) is 1. The lowest BCUT2D eigenvalue weighted by Gasteiger charge is -2.16. The molecule has 0 fully saturated rings. The van der Waals surface area contributed by atoms with Gasteiger partial charge >= 0.3 is 0 Å². The number of carbonyl (C=O) groups excluding carboxylic acids is 1. The second kappa shape index (κ2) is 7.50. The quantitative estimate of drug-likeness (QED) is 0.788. The number of hydrogen-bond acceptors (Lipinski definition) is 3. The Hall–Kier alpha value is -2.07. The average molecular weight is 272 g/mol. The van der Waals surface area contributed by atoms with Crippen LogP contribution in [0.5, 0.6) is 0 Å². The molecule has 0 aliphatic carbocycles. The first-order valence-corrected chi connectivity index (χ1v) is 6.78. The maximum Gasteiger partial charge on any atom is 0.254 e. The van der Waals surface area contributed by atoms with Crippen LogP contribution in [0.2, 0.25) is 0 Å². The second-order valence-corrected chi connectivity index (χ2v) is 4.84. The Balaban J connectivity index is 1.62. The number of nitrogens with zero attached hydrogens (tertiary/aromatic N) is 1. The fraction of sp³-hybridized carbons (Fsp3) is 0.312. The Morgan fingerprint density at radius 1 is 1.25 bits per heavy atom. The molecule has 0 aliphatic rings. The Kier molecular flexibility index (Phi) is 5.38. The van der Waals surface area contributed by atoms with Crippen molar-refractivity contribution >= 4 is 5.91 Å². The van der Waals surface area contributed by atoms with Crippen LogP contribution in [0.1, 0.15) is 22.3 Å². The van der Waals surface area contributed by atoms with Crippen LogP contribution in [0, 0.1) is 0 Å². The van der Waals surface area contributed by atoms with E-state index in [9.17, 15) is 4.79 Å². The van der Waals surface area contributed by atoms with Crippen LogP contribution in [0.25, 0.3) is 0 Å². The van der Waals surface area contributed by atoms with Gasteiger partial charge in [0.15, 0.2) is 0 Å². The number of nitrogens with one attached hydrogen (secondary N) is 1. The number of furan rings is 1. The van der Waals surface area contributed by atoms with Crippen molar-refractivity contribution < 1.29 is 9.21 Å². The zero-order chi connectivity index (χ0) is 14.2. The molecule has 0 saturated heterocycles. The third-order valence-corrected chi connectivity index (χ3v) is 3.08. The predicted molar refractivity (Wildman–Crippen MR) is 78.4 cm³/mol. The van der Waals surface area contributed by atoms with Crippen molar-refractivity contribution in [3.8, 4) is 0 Å². The summed E-state index contributed by atoms with van der Waals surface area (Å²) in [5.74, 6) is -0.0792. The second-order valence-electron chi connectivity index (χ2n) is 4.84. The van der Waals surface area contributed by atoms with Crippen LogP contribution in [-0.2, 0) is 6.54 Å². The Morgan fingerprint density at radius 3 is 2.75 bits per heavy atom. The molecular formula is C16H20N2O2. The molecule has 1 aromatic carbocycles. The van der Waals surface area contributed by atoms with E-state index in [1.807, 2.05) is 18.2 Å². The number of carbonyl (C=O) groups is 1. The van der Waals surface area contributed by atoms with Crippen molar-refractivity contribution in [2.24, 2.45) is 0 Å². The van der Waals surface area contributed by atoms with Gasteiger partial charge in [0.1, 0.15) is 6.26 Å². The normalized spacial score (nSPS) is 10.7. The van der Waals surface area contributed by atoms with Gasteiger partial charge in [0.25, 0.3) is 5.91 Å². The minimum Gasteiger partial charge on any atom is -0.472 e. The molecule has 1 heterocycles. The lowest BCUT2D eigenvalue weighted by molar-refractivity contribution is 0.0951. The fourth-order valence-corrected chi connectivity index (χ4v) is 2.02. The molecule has 106 valence electrons. The average Bonchev–Trinajstić information content (AvgIpc) is 2.99. The van der Waals surface area contributed by atoms with Crippen molar-refractivity contribution in [1.82, 2.24) is 10.2 Å². The molecular weight excluding hydrogens is 252 g/mol. The standard InChI is InChI=1S/C16H20N2O2/c1-18(12-14-6-3-2-4-7-14)10-5-9-17-16(19)15-8-11-20-13-15/h2-4,6-8,11,13H,5,9-10,12H2,1H3,(H,17,19). The van der Waals surface area contributed by atoms with E-state index < -0.39 is 0 Å². The molecule has 2 aromatic rings. The molecule has 20 heavy (non-hydrogen) atoms. The Labute approximate surface area is 119 Å². The monoisotopic (exact) mass is 272 g/mol. The lowest BCUT2D eigenvalue weighted by Crippen LogP contribution is -2.27. The van der Waals surface area contributed by atoms with Gasteiger partial charge in [0, 0.05) is 13.1 Å². The van der Waals surface area contributed by atoms with Gasteiger partial charge in [-0.15, -0.1) is 0 Å². The molecule has 0 spiro atoms. The number of benzene rings is 1. The van der Waals surface area contributed by atoms with Gasteiger partial charge in [-0.3, -0.25) is 4.79 Å². The summed E-state index contributed by atoms with van der Waals surface area (Å²) in [6.45, 7) is 2.54. The van der Waals surface area contributed by atoms with Crippen molar-refractivity contribution in [3.05, 3.63) is 60.1 Å². The van der Waals surface area contributed by atoms with Crippen molar-refractivity contribution in [2.75, 3.05) is 20.1 Å². The Bertz CT molecular complexity index is 509. The molecule has 0 bridgehead atoms. The first-order chi connectivity index (χ1) is 9.75. The summed E-state index contributed by atoms with van der Waals surface area (Å²) < 4.78 is 4.88. The van der Waals surface area contributed by atoms with Crippen molar-refractivity contribution in [2.45, 2.75) is 13.0 Å². The van der Waals surface area contributed by atoms with Crippen LogP contribution < -0.4 is 5.32 Å². The van der Waals surface area contributed by atoms with Gasteiger partial charge in [-0.2, -0.15) is 0 Å². The van der Waals surface area contributed by atoms with Crippen LogP contribution in [0.4, 0.5) is 0 Å². The molecule has 1 N–H and O–H groups in total. The molecule has 0 radical (unpaired) electrons. The summed E-state index contributed by atoms with van der Waals surface area (Å²) in [7, 11) is 2.09. The molecule has 0 unspecified atom stereocenters. The molecule has 0 aliphatic heterocycles. The summed E-state index contributed by atoms with van der Waals surface area (Å²) in [6.07, 6.45) is 3.88. The van der Waals surface area contributed by atoms with Crippen LogP contribution in [0.15, 0.2) is 53.3 Å². The Morgan fingerprint density at radius 2 is 2.05 bits per heavy atom. The van der Waals surface area contributed by atoms with E-state index in [0.29, 0.717) is 12.1 Å². The molecule has 2 rings (SSSR count). The SMILES string of the molecule is CN(CCCNC(=O)c1ccoc1)Cc1ccccc1. The van der Waals surface area contributed by atoms with Gasteiger partial charge in [-0.05, 0) is 31.6 Å². The van der Waals surface area contributed by atoms with Gasteiger partial charge < -0.3 is 14.6 Å². The molecule has 0 atom stereocenters. The van der Waals surface area contributed by atoms with Gasteiger partial charge in [0.2, 0.25) is 0 Å². The molecule has 4 nitrogen and oxygen atoms in total. The first kappa shape index (κ1) is 14.3. The van der Waals surface area contributed by atoms with Crippen LogP contribution >= 0.6 is 0 Å². The highest BCUT2D eigenvalue weighted by molar-refractivity contribution is 5.93. The summed E-state index contributed by atoms with van der Waals surface area (Å²) >= 11 is 0. The van der Waals surface area contributed by atoms with E-state index in [0.717, 1.165) is 19.5 Å². The summed E-state index contributed by atoms with van der Waals surface area (Å²) in [5.41, 5.74) is 1.88. The highest BCUT2D eigenvalue weighted by Crippen LogP contribution is 2.03. The number of amides is 1. The van der Waals surface area contributed by atoms with Crippen molar-refractivity contribution in [3.63, 3.8) is 0 Å². The van der Waals surface area contributed by atoms with E-state index in [4.69, 9.17) is 4.42 Å². The highest BCUT2D eigenvalue weighted by atomic mass is 16.3. The van der Waals surface area contributed by atoms with E-state index >= 15 is 0 Å². The predicted octanol–water partition coefficient (Wildman–Crippen LogP) is 2.53. The topological polar surface area (TPSA) is 45.5 Å². The summed E-state index contributed by atoms with van der Waals surface area (Å²) in [5, 5.41) is 2.88. The van der Waals surface area contributed by atoms with E-state index in [-0.39, 0.29) is 5.91 Å². The third-order valence-electron chi connectivity index (χ3n) is 3.08. The minimum absolute atomic E-state index is 0.0792. The minimum atomic E-state index is -0.0792. The van der Waals surface area contributed by atoms with E-state index in [1.54, 1.807) is 6.07 Å². The molecule has 4 heteroatoms. The maximum atomic E-state index is 11.7. The van der Waals surface area contributed by atoms with Crippen molar-refractivity contribution in [1.29, 1.82) is 0 Å². The third kappa shape index (κ3) is 4.55. The summed E-state index contributed by atoms with van der Waals surface area (Å²) in [6, 6.07) is 12.0. The molecule has 0 saturated carbocycles. The number of rotatable bonds is 7. The van der Waals surface area contributed by atoms with Gasteiger partial charge in [-0.25, -0.2) is 0 Å². The zero-order valence-electron chi connectivity index (χ0n) is 11.7. The zero-order valence-corrected chi connectivity index (χ0v) is 11.7. The lowest BCUT2D eigenvalue weighted by atomic mass is 10.2. The van der Waals surface area contributed by atoms with Crippen LogP contribution in [0.3, 0.4) is 0 Å². The largest absolute Gasteiger partial charge is 0.472 e. The van der Waals surface area contributed by atoms with Gasteiger partial charge in [0.05, 0.1) is 11.8 Å². The maximum absolute atomic E-state index is 11.7. The highest BCUT2D eigenvalue weighted by Gasteiger charge is 2.05.